The van der Waals surface area contributed by atoms with Gasteiger partial charge in [-0.25, -0.2) is 4.79 Å². The van der Waals surface area contributed by atoms with E-state index in [1.165, 1.54) is 6.07 Å². The average Bonchev–Trinajstić information content (AvgIpc) is 2.15. The number of carboxylic acid groups (broad SMARTS) is 1. The highest BCUT2D eigenvalue weighted by molar-refractivity contribution is 5.90. The summed E-state index contributed by atoms with van der Waals surface area (Å²) in [5.41, 5.74) is -3.01. The summed E-state index contributed by atoms with van der Waals surface area (Å²) in [4.78, 5) is 10.5. The van der Waals surface area contributed by atoms with Crippen LogP contribution in [-0.4, -0.2) is 11.1 Å². The van der Waals surface area contributed by atoms with E-state index in [1.807, 2.05) is 0 Å². The Morgan fingerprint density at radius 3 is 2.40 bits per heavy atom. The van der Waals surface area contributed by atoms with Crippen molar-refractivity contribution in [3.05, 3.63) is 34.9 Å². The van der Waals surface area contributed by atoms with E-state index < -0.39 is 28.8 Å². The zero-order valence-electron chi connectivity index (χ0n) is 7.17. The van der Waals surface area contributed by atoms with Gasteiger partial charge in [-0.2, -0.15) is 18.4 Å². The topological polar surface area (TPSA) is 61.1 Å². The number of nitrogens with zero attached hydrogens (tertiary/aromatic N) is 1. The molecule has 0 aliphatic heterocycles. The van der Waals surface area contributed by atoms with Gasteiger partial charge in [0, 0.05) is 0 Å². The van der Waals surface area contributed by atoms with E-state index in [4.69, 9.17) is 10.4 Å². The Morgan fingerprint density at radius 1 is 1.40 bits per heavy atom. The van der Waals surface area contributed by atoms with Gasteiger partial charge in [-0.3, -0.25) is 0 Å². The Labute approximate surface area is 82.4 Å². The lowest BCUT2D eigenvalue weighted by molar-refractivity contribution is -0.138. The van der Waals surface area contributed by atoms with Gasteiger partial charge in [0.2, 0.25) is 0 Å². The number of rotatable bonds is 1. The molecule has 15 heavy (non-hydrogen) atoms. The lowest BCUT2D eigenvalue weighted by Gasteiger charge is -2.11. The Hall–Kier alpha value is -2.03. The van der Waals surface area contributed by atoms with Crippen LogP contribution in [0.25, 0.3) is 0 Å². The number of carboxylic acids is 1. The number of nitriles is 1. The first-order chi connectivity index (χ1) is 6.88. The molecule has 0 saturated heterocycles. The molecular formula is C9H4F3NO2. The molecule has 0 aliphatic carbocycles. The fourth-order valence-corrected chi connectivity index (χ4v) is 1.13. The highest BCUT2D eigenvalue weighted by Gasteiger charge is 2.38. The van der Waals surface area contributed by atoms with Crippen molar-refractivity contribution in [2.75, 3.05) is 0 Å². The Kier molecular flexibility index (Phi) is 2.66. The minimum atomic E-state index is -4.85. The average molecular weight is 215 g/mol. The van der Waals surface area contributed by atoms with Crippen molar-refractivity contribution in [2.24, 2.45) is 0 Å². The van der Waals surface area contributed by atoms with Gasteiger partial charge in [0.15, 0.2) is 0 Å². The van der Waals surface area contributed by atoms with Crippen LogP contribution >= 0.6 is 0 Å². The quantitative estimate of drug-likeness (QED) is 0.781. The third-order valence-electron chi connectivity index (χ3n) is 1.70. The molecule has 0 radical (unpaired) electrons. The van der Waals surface area contributed by atoms with Gasteiger partial charge in [0.1, 0.15) is 0 Å². The molecule has 0 bridgehead atoms. The lowest BCUT2D eigenvalue weighted by Crippen LogP contribution is -2.14. The maximum Gasteiger partial charge on any atom is 0.418 e. The van der Waals surface area contributed by atoms with E-state index in [0.29, 0.717) is 0 Å². The highest BCUT2D eigenvalue weighted by Crippen LogP contribution is 2.34. The molecule has 6 heteroatoms. The van der Waals surface area contributed by atoms with Crippen LogP contribution < -0.4 is 0 Å². The Morgan fingerprint density at radius 2 is 2.00 bits per heavy atom. The highest BCUT2D eigenvalue weighted by atomic mass is 19.4. The third kappa shape index (κ3) is 2.07. The molecule has 0 fully saturated rings. The summed E-state index contributed by atoms with van der Waals surface area (Å²) in [5, 5.41) is 17.0. The molecule has 1 aromatic carbocycles. The van der Waals surface area contributed by atoms with Crippen LogP contribution in [0.3, 0.4) is 0 Å². The second kappa shape index (κ2) is 3.61. The molecule has 0 unspecified atom stereocenters. The van der Waals surface area contributed by atoms with E-state index in [-0.39, 0.29) is 0 Å². The van der Waals surface area contributed by atoms with E-state index >= 15 is 0 Å². The predicted molar refractivity (Wildman–Crippen MR) is 43.1 cm³/mol. The van der Waals surface area contributed by atoms with Crippen molar-refractivity contribution in [1.82, 2.24) is 0 Å². The molecule has 0 aromatic heterocycles. The summed E-state index contributed by atoms with van der Waals surface area (Å²) < 4.78 is 37.3. The number of halogens is 3. The summed E-state index contributed by atoms with van der Waals surface area (Å²) in [5.74, 6) is -1.71. The summed E-state index contributed by atoms with van der Waals surface area (Å²) in [7, 11) is 0. The van der Waals surface area contributed by atoms with Gasteiger partial charge >= 0.3 is 12.1 Å². The molecule has 0 spiro atoms. The maximum atomic E-state index is 12.4. The lowest BCUT2D eigenvalue weighted by atomic mass is 10.0. The van der Waals surface area contributed by atoms with Crippen molar-refractivity contribution in [2.45, 2.75) is 6.18 Å². The van der Waals surface area contributed by atoms with Gasteiger partial charge in [-0.05, 0) is 12.1 Å². The Balaban J connectivity index is 3.57. The molecule has 0 atom stereocenters. The number of hydrogen-bond donors (Lipinski definition) is 1. The van der Waals surface area contributed by atoms with Crippen LogP contribution in [0, 0.1) is 11.3 Å². The summed E-state index contributed by atoms with van der Waals surface area (Å²) >= 11 is 0. The molecule has 1 aromatic rings. The van der Waals surface area contributed by atoms with Crippen molar-refractivity contribution < 1.29 is 23.1 Å². The van der Waals surface area contributed by atoms with Gasteiger partial charge < -0.3 is 5.11 Å². The molecule has 78 valence electrons. The molecule has 0 saturated carbocycles. The number of aromatic carboxylic acids is 1. The number of carbonyl (C=O) groups is 1. The second-order valence-electron chi connectivity index (χ2n) is 2.64. The van der Waals surface area contributed by atoms with Gasteiger partial charge in [0.05, 0.1) is 22.8 Å². The minimum absolute atomic E-state index is 0.692. The molecule has 1 rings (SSSR count). The number of alkyl halides is 3. The first-order valence-electron chi connectivity index (χ1n) is 3.71. The van der Waals surface area contributed by atoms with Gasteiger partial charge in [-0.15, -0.1) is 0 Å². The SMILES string of the molecule is N#Cc1cccc(C(=O)O)c1C(F)(F)F. The molecule has 3 nitrogen and oxygen atoms in total. The van der Waals surface area contributed by atoms with Crippen molar-refractivity contribution >= 4 is 5.97 Å². The van der Waals surface area contributed by atoms with Crippen LogP contribution in [0.5, 0.6) is 0 Å². The Bertz CT molecular complexity index is 446. The predicted octanol–water partition coefficient (Wildman–Crippen LogP) is 2.28. The fourth-order valence-electron chi connectivity index (χ4n) is 1.13. The number of benzene rings is 1. The second-order valence-corrected chi connectivity index (χ2v) is 2.64. The normalized spacial score (nSPS) is 10.8. The van der Waals surface area contributed by atoms with Crippen molar-refractivity contribution in [3.8, 4) is 6.07 Å². The van der Waals surface area contributed by atoms with Gasteiger partial charge in [0.25, 0.3) is 0 Å². The van der Waals surface area contributed by atoms with E-state index in [0.717, 1.165) is 18.2 Å². The zero-order chi connectivity index (χ0) is 11.6. The fraction of sp³-hybridized carbons (Fsp3) is 0.111. The van der Waals surface area contributed by atoms with E-state index in [9.17, 15) is 18.0 Å². The molecule has 1 N–H and O–H groups in total. The third-order valence-corrected chi connectivity index (χ3v) is 1.70. The first-order valence-corrected chi connectivity index (χ1v) is 3.71. The van der Waals surface area contributed by atoms with Crippen LogP contribution in [0.2, 0.25) is 0 Å². The smallest absolute Gasteiger partial charge is 0.418 e. The summed E-state index contributed by atoms with van der Waals surface area (Å²) in [6, 6.07) is 4.15. The van der Waals surface area contributed by atoms with E-state index in [1.54, 1.807) is 0 Å². The summed E-state index contributed by atoms with van der Waals surface area (Å²) in [6.07, 6.45) is -4.85. The number of hydrogen-bond acceptors (Lipinski definition) is 2. The molecule has 0 heterocycles. The maximum absolute atomic E-state index is 12.4. The van der Waals surface area contributed by atoms with Crippen molar-refractivity contribution in [1.29, 1.82) is 5.26 Å². The standard InChI is InChI=1S/C9H4F3NO2/c10-9(11,12)7-5(4-13)2-1-3-6(7)8(14)15/h1-3H,(H,14,15). The van der Waals surface area contributed by atoms with Crippen LogP contribution in [0.1, 0.15) is 21.5 Å². The van der Waals surface area contributed by atoms with E-state index in [2.05, 4.69) is 0 Å². The summed E-state index contributed by atoms with van der Waals surface area (Å²) in [6.45, 7) is 0. The van der Waals surface area contributed by atoms with Crippen LogP contribution in [-0.2, 0) is 6.18 Å². The molecule has 0 amide bonds. The molecule has 0 aliphatic rings. The van der Waals surface area contributed by atoms with Crippen LogP contribution in [0.15, 0.2) is 18.2 Å². The van der Waals surface area contributed by atoms with Crippen LogP contribution in [0.4, 0.5) is 13.2 Å². The zero-order valence-corrected chi connectivity index (χ0v) is 7.17. The van der Waals surface area contributed by atoms with Crippen molar-refractivity contribution in [3.63, 3.8) is 0 Å². The first kappa shape index (κ1) is 11.0. The monoisotopic (exact) mass is 215 g/mol. The minimum Gasteiger partial charge on any atom is -0.478 e. The van der Waals surface area contributed by atoms with Gasteiger partial charge in [-0.1, -0.05) is 6.07 Å². The largest absolute Gasteiger partial charge is 0.478 e. The molecular weight excluding hydrogens is 211 g/mol.